The summed E-state index contributed by atoms with van der Waals surface area (Å²) in [7, 11) is 0. The average Bonchev–Trinajstić information content (AvgIpc) is 2.55. The van der Waals surface area contributed by atoms with Crippen LogP contribution in [0.4, 0.5) is 5.69 Å². The van der Waals surface area contributed by atoms with Crippen molar-refractivity contribution >= 4 is 28.6 Å². The molecule has 0 saturated heterocycles. The van der Waals surface area contributed by atoms with E-state index in [4.69, 9.17) is 5.73 Å². The van der Waals surface area contributed by atoms with Crippen LogP contribution in [0.2, 0.25) is 0 Å². The fraction of sp³-hybridized carbons (Fsp3) is 0. The number of aromatic nitrogens is 1. The van der Waals surface area contributed by atoms with Crippen molar-refractivity contribution < 1.29 is 0 Å². The summed E-state index contributed by atoms with van der Waals surface area (Å²) < 4.78 is 4.19. The number of nitrogen functional groups attached to an aromatic ring is 1. The SMILES string of the molecule is Nc1csnc1-c1cccs1. The van der Waals surface area contributed by atoms with Crippen LogP contribution in [-0.2, 0) is 0 Å². The lowest BCUT2D eigenvalue weighted by atomic mass is 10.3. The van der Waals surface area contributed by atoms with Crippen LogP contribution in [0.15, 0.2) is 22.9 Å². The molecule has 0 aromatic carbocycles. The topological polar surface area (TPSA) is 38.9 Å². The fourth-order valence-electron chi connectivity index (χ4n) is 0.845. The van der Waals surface area contributed by atoms with Crippen LogP contribution < -0.4 is 5.73 Å². The third-order valence-electron chi connectivity index (χ3n) is 1.35. The molecule has 2 rings (SSSR count). The van der Waals surface area contributed by atoms with Gasteiger partial charge in [-0.3, -0.25) is 0 Å². The summed E-state index contributed by atoms with van der Waals surface area (Å²) in [5.41, 5.74) is 7.38. The van der Waals surface area contributed by atoms with Crippen molar-refractivity contribution in [3.05, 3.63) is 22.9 Å². The van der Waals surface area contributed by atoms with Gasteiger partial charge in [-0.05, 0) is 23.0 Å². The molecule has 11 heavy (non-hydrogen) atoms. The molecule has 2 N–H and O–H groups in total. The molecule has 0 amide bonds. The second-order valence-electron chi connectivity index (χ2n) is 2.10. The molecule has 0 aliphatic heterocycles. The Morgan fingerprint density at radius 1 is 1.45 bits per heavy atom. The van der Waals surface area contributed by atoms with E-state index < -0.39 is 0 Å². The Morgan fingerprint density at radius 3 is 2.91 bits per heavy atom. The van der Waals surface area contributed by atoms with E-state index in [0.29, 0.717) is 0 Å². The van der Waals surface area contributed by atoms with Gasteiger partial charge in [0.2, 0.25) is 0 Å². The van der Waals surface area contributed by atoms with Gasteiger partial charge in [0.1, 0.15) is 5.69 Å². The van der Waals surface area contributed by atoms with Crippen LogP contribution in [0, 0.1) is 0 Å². The summed E-state index contributed by atoms with van der Waals surface area (Å²) in [6, 6.07) is 4.02. The quantitative estimate of drug-likeness (QED) is 0.735. The molecule has 56 valence electrons. The van der Waals surface area contributed by atoms with E-state index in [1.807, 2.05) is 22.9 Å². The minimum absolute atomic E-state index is 0.775. The fourth-order valence-corrected chi connectivity index (χ4v) is 2.23. The van der Waals surface area contributed by atoms with Crippen LogP contribution in [0.5, 0.6) is 0 Å². The van der Waals surface area contributed by atoms with Gasteiger partial charge in [0.25, 0.3) is 0 Å². The number of nitrogens with two attached hydrogens (primary N) is 1. The van der Waals surface area contributed by atoms with Crippen molar-refractivity contribution in [3.8, 4) is 10.6 Å². The second-order valence-corrected chi connectivity index (χ2v) is 3.67. The summed E-state index contributed by atoms with van der Waals surface area (Å²) >= 11 is 3.06. The van der Waals surface area contributed by atoms with Gasteiger partial charge in [-0.25, -0.2) is 0 Å². The van der Waals surface area contributed by atoms with E-state index in [-0.39, 0.29) is 0 Å². The van der Waals surface area contributed by atoms with Gasteiger partial charge in [-0.15, -0.1) is 11.3 Å². The first-order valence-corrected chi connectivity index (χ1v) is 4.83. The average molecular weight is 182 g/mol. The van der Waals surface area contributed by atoms with E-state index in [9.17, 15) is 0 Å². The number of rotatable bonds is 1. The Labute approximate surface area is 72.5 Å². The maximum atomic E-state index is 5.69. The van der Waals surface area contributed by atoms with E-state index in [0.717, 1.165) is 16.3 Å². The summed E-state index contributed by atoms with van der Waals surface area (Å²) in [6.07, 6.45) is 0. The monoisotopic (exact) mass is 182 g/mol. The zero-order valence-corrected chi connectivity index (χ0v) is 7.28. The van der Waals surface area contributed by atoms with Crippen molar-refractivity contribution in [2.75, 3.05) is 5.73 Å². The lowest BCUT2D eigenvalue weighted by Gasteiger charge is -1.89. The number of nitrogens with zero attached hydrogens (tertiary/aromatic N) is 1. The van der Waals surface area contributed by atoms with Gasteiger partial charge >= 0.3 is 0 Å². The molecule has 0 radical (unpaired) electrons. The summed E-state index contributed by atoms with van der Waals surface area (Å²) in [5.74, 6) is 0. The molecule has 0 fully saturated rings. The molecule has 0 aliphatic carbocycles. The van der Waals surface area contributed by atoms with Gasteiger partial charge in [-0.2, -0.15) is 4.37 Å². The number of anilines is 1. The highest BCUT2D eigenvalue weighted by atomic mass is 32.1. The van der Waals surface area contributed by atoms with Gasteiger partial charge in [0.15, 0.2) is 0 Å². The highest BCUT2D eigenvalue weighted by Crippen LogP contribution is 2.29. The van der Waals surface area contributed by atoms with Crippen molar-refractivity contribution in [2.24, 2.45) is 0 Å². The van der Waals surface area contributed by atoms with E-state index in [1.165, 1.54) is 11.5 Å². The molecule has 4 heteroatoms. The molecule has 0 aliphatic rings. The minimum Gasteiger partial charge on any atom is -0.396 e. The Bertz CT molecular complexity index is 337. The van der Waals surface area contributed by atoms with Crippen molar-refractivity contribution in [2.45, 2.75) is 0 Å². The summed E-state index contributed by atoms with van der Waals surface area (Å²) in [6.45, 7) is 0. The maximum absolute atomic E-state index is 5.69. The summed E-state index contributed by atoms with van der Waals surface area (Å²) in [4.78, 5) is 1.14. The van der Waals surface area contributed by atoms with Crippen molar-refractivity contribution in [1.82, 2.24) is 4.37 Å². The molecular formula is C7H6N2S2. The molecule has 0 spiro atoms. The van der Waals surface area contributed by atoms with Crippen LogP contribution >= 0.6 is 22.9 Å². The third kappa shape index (κ3) is 1.15. The zero-order chi connectivity index (χ0) is 7.68. The Morgan fingerprint density at radius 2 is 2.36 bits per heavy atom. The molecule has 0 saturated carbocycles. The molecule has 0 bridgehead atoms. The van der Waals surface area contributed by atoms with Crippen LogP contribution in [0.1, 0.15) is 0 Å². The first-order chi connectivity index (χ1) is 5.38. The molecule has 0 atom stereocenters. The molecular weight excluding hydrogens is 176 g/mol. The third-order valence-corrected chi connectivity index (χ3v) is 2.88. The molecule has 2 nitrogen and oxygen atoms in total. The van der Waals surface area contributed by atoms with Gasteiger partial charge in [0, 0.05) is 5.38 Å². The highest BCUT2D eigenvalue weighted by Gasteiger charge is 2.04. The summed E-state index contributed by atoms with van der Waals surface area (Å²) in [5, 5.41) is 3.88. The van der Waals surface area contributed by atoms with Crippen molar-refractivity contribution in [3.63, 3.8) is 0 Å². The van der Waals surface area contributed by atoms with Crippen LogP contribution in [0.25, 0.3) is 10.6 Å². The van der Waals surface area contributed by atoms with Gasteiger partial charge in [0.05, 0.1) is 10.6 Å². The second kappa shape index (κ2) is 2.64. The molecule has 2 heterocycles. The number of hydrogen-bond donors (Lipinski definition) is 1. The molecule has 2 aromatic rings. The van der Waals surface area contributed by atoms with Crippen LogP contribution in [0.3, 0.4) is 0 Å². The Kier molecular flexibility index (Phi) is 1.63. The lowest BCUT2D eigenvalue weighted by molar-refractivity contribution is 1.57. The maximum Gasteiger partial charge on any atom is 0.117 e. The molecule has 0 unspecified atom stereocenters. The van der Waals surface area contributed by atoms with E-state index >= 15 is 0 Å². The Hall–Kier alpha value is -0.870. The predicted octanol–water partition coefficient (Wildman–Crippen LogP) is 2.45. The first-order valence-electron chi connectivity index (χ1n) is 3.11. The van der Waals surface area contributed by atoms with Crippen LogP contribution in [-0.4, -0.2) is 4.37 Å². The first kappa shape index (κ1) is 6.82. The normalized spacial score (nSPS) is 10.2. The van der Waals surface area contributed by atoms with Gasteiger partial charge in [-0.1, -0.05) is 6.07 Å². The predicted molar refractivity (Wildman–Crippen MR) is 49.8 cm³/mol. The van der Waals surface area contributed by atoms with E-state index in [1.54, 1.807) is 11.3 Å². The number of hydrogen-bond acceptors (Lipinski definition) is 4. The lowest BCUT2D eigenvalue weighted by Crippen LogP contribution is -1.83. The Balaban J connectivity index is 2.53. The van der Waals surface area contributed by atoms with Crippen molar-refractivity contribution in [1.29, 1.82) is 0 Å². The minimum atomic E-state index is 0.775. The highest BCUT2D eigenvalue weighted by molar-refractivity contribution is 7.14. The van der Waals surface area contributed by atoms with E-state index in [2.05, 4.69) is 4.37 Å². The zero-order valence-electron chi connectivity index (χ0n) is 5.65. The largest absolute Gasteiger partial charge is 0.396 e. The smallest absolute Gasteiger partial charge is 0.117 e. The standard InChI is InChI=1S/C7H6N2S2/c8-5-4-11-9-7(5)6-2-1-3-10-6/h1-4H,8H2. The van der Waals surface area contributed by atoms with Gasteiger partial charge < -0.3 is 5.73 Å². The number of thiophene rings is 1. The molecule has 2 aromatic heterocycles.